The van der Waals surface area contributed by atoms with E-state index in [0.29, 0.717) is 18.2 Å². The van der Waals surface area contributed by atoms with Crippen molar-refractivity contribution >= 4 is 17.8 Å². The Balaban J connectivity index is 1.61. The lowest BCUT2D eigenvalue weighted by atomic mass is 10.2. The van der Waals surface area contributed by atoms with Gasteiger partial charge in [0.05, 0.1) is 19.9 Å². The van der Waals surface area contributed by atoms with Gasteiger partial charge in [0.15, 0.2) is 0 Å². The Morgan fingerprint density at radius 3 is 2.56 bits per heavy atom. The lowest BCUT2D eigenvalue weighted by Crippen LogP contribution is -2.07. The van der Waals surface area contributed by atoms with Crippen molar-refractivity contribution in [2.75, 3.05) is 7.11 Å². The molecule has 0 atom stereocenters. The van der Waals surface area contributed by atoms with Gasteiger partial charge in [-0.3, -0.25) is 0 Å². The number of hydrogen-bond acceptors (Lipinski definition) is 4. The number of para-hydroxylation sites is 2. The van der Waals surface area contributed by atoms with Gasteiger partial charge in [-0.25, -0.2) is 0 Å². The molecule has 4 nitrogen and oxygen atoms in total. The Bertz CT molecular complexity index is 912. The highest BCUT2D eigenvalue weighted by molar-refractivity contribution is 6.30. The number of methoxy groups -OCH3 is 1. The van der Waals surface area contributed by atoms with Gasteiger partial charge in [-0.1, -0.05) is 54.1 Å². The summed E-state index contributed by atoms with van der Waals surface area (Å²) >= 11 is 6.02. The number of ether oxygens (including phenoxy) is 2. The fraction of sp³-hybridized carbons (Fsp3) is 0.136. The molecular formula is C22H21ClN2O2. The van der Waals surface area contributed by atoms with E-state index in [0.717, 1.165) is 28.2 Å². The lowest BCUT2D eigenvalue weighted by Gasteiger charge is -2.10. The molecule has 0 aliphatic rings. The fourth-order valence-electron chi connectivity index (χ4n) is 2.60. The van der Waals surface area contributed by atoms with Gasteiger partial charge in [-0.2, -0.15) is 5.10 Å². The minimum atomic E-state index is 0.445. The van der Waals surface area contributed by atoms with Crippen molar-refractivity contribution in [1.29, 1.82) is 0 Å². The van der Waals surface area contributed by atoms with E-state index in [1.165, 1.54) is 0 Å². The molecule has 0 aliphatic carbocycles. The van der Waals surface area contributed by atoms with Gasteiger partial charge < -0.3 is 14.9 Å². The molecule has 3 rings (SSSR count). The van der Waals surface area contributed by atoms with E-state index in [4.69, 9.17) is 21.1 Å². The smallest absolute Gasteiger partial charge is 0.128 e. The van der Waals surface area contributed by atoms with Crippen LogP contribution in [0.15, 0.2) is 77.9 Å². The molecule has 0 heterocycles. The Morgan fingerprint density at radius 1 is 0.963 bits per heavy atom. The second-order valence-corrected chi connectivity index (χ2v) is 6.30. The van der Waals surface area contributed by atoms with Crippen molar-refractivity contribution in [1.82, 2.24) is 5.43 Å². The van der Waals surface area contributed by atoms with Crippen LogP contribution in [-0.4, -0.2) is 13.3 Å². The molecule has 0 fully saturated rings. The van der Waals surface area contributed by atoms with Crippen molar-refractivity contribution in [3.05, 3.63) is 94.5 Å². The molecule has 3 aromatic carbocycles. The summed E-state index contributed by atoms with van der Waals surface area (Å²) in [5.74, 6) is 1.60. The molecular weight excluding hydrogens is 360 g/mol. The predicted octanol–water partition coefficient (Wildman–Crippen LogP) is 5.05. The largest absolute Gasteiger partial charge is 0.496 e. The average Bonchev–Trinajstić information content (AvgIpc) is 2.70. The van der Waals surface area contributed by atoms with E-state index in [2.05, 4.69) is 10.5 Å². The van der Waals surface area contributed by atoms with Gasteiger partial charge in [-0.05, 0) is 35.9 Å². The second-order valence-electron chi connectivity index (χ2n) is 5.86. The Kier molecular flexibility index (Phi) is 6.72. The molecule has 138 valence electrons. The van der Waals surface area contributed by atoms with E-state index in [-0.39, 0.29) is 0 Å². The molecule has 0 bridgehead atoms. The number of benzene rings is 3. The third kappa shape index (κ3) is 5.50. The second kappa shape index (κ2) is 9.64. The highest BCUT2D eigenvalue weighted by atomic mass is 35.5. The summed E-state index contributed by atoms with van der Waals surface area (Å²) < 4.78 is 11.3. The molecule has 0 amide bonds. The first-order valence-electron chi connectivity index (χ1n) is 8.60. The van der Waals surface area contributed by atoms with E-state index >= 15 is 0 Å². The summed E-state index contributed by atoms with van der Waals surface area (Å²) in [6, 6.07) is 23.3. The molecule has 0 saturated carbocycles. The Labute approximate surface area is 164 Å². The van der Waals surface area contributed by atoms with Gasteiger partial charge in [-0.15, -0.1) is 0 Å². The van der Waals surface area contributed by atoms with E-state index in [9.17, 15) is 0 Å². The number of halogens is 1. The topological polar surface area (TPSA) is 42.8 Å². The summed E-state index contributed by atoms with van der Waals surface area (Å²) in [4.78, 5) is 0. The standard InChI is InChI=1S/C22H21ClN2O2/c1-26-21-11-4-2-8-18(21)14-24-25-15-19-9-3-5-12-22(19)27-16-17-7-6-10-20(23)13-17/h2-13,15,24H,14,16H2,1H3/b25-15-. The molecule has 0 aliphatic heterocycles. The summed E-state index contributed by atoms with van der Waals surface area (Å²) in [6.45, 7) is 1.02. The first kappa shape index (κ1) is 18.8. The first-order valence-corrected chi connectivity index (χ1v) is 8.98. The molecule has 0 radical (unpaired) electrons. The van der Waals surface area contributed by atoms with Gasteiger partial charge in [0, 0.05) is 16.1 Å². The SMILES string of the molecule is COc1ccccc1CN/N=C\c1ccccc1OCc1cccc(Cl)c1. The van der Waals surface area contributed by atoms with Crippen LogP contribution < -0.4 is 14.9 Å². The van der Waals surface area contributed by atoms with Crippen LogP contribution in [0.25, 0.3) is 0 Å². The summed E-state index contributed by atoms with van der Waals surface area (Å²) in [6.07, 6.45) is 1.75. The van der Waals surface area contributed by atoms with Crippen LogP contribution in [-0.2, 0) is 13.2 Å². The summed E-state index contributed by atoms with van der Waals surface area (Å²) in [5.41, 5.74) is 6.01. The van der Waals surface area contributed by atoms with Crippen molar-refractivity contribution in [2.45, 2.75) is 13.2 Å². The molecule has 3 aromatic rings. The predicted molar refractivity (Wildman–Crippen MR) is 110 cm³/mol. The van der Waals surface area contributed by atoms with E-state index in [1.807, 2.05) is 72.8 Å². The quantitative estimate of drug-likeness (QED) is 0.439. The van der Waals surface area contributed by atoms with Crippen LogP contribution in [0.3, 0.4) is 0 Å². The third-order valence-corrected chi connectivity index (χ3v) is 4.19. The zero-order valence-corrected chi connectivity index (χ0v) is 15.8. The monoisotopic (exact) mass is 380 g/mol. The maximum Gasteiger partial charge on any atom is 0.128 e. The average molecular weight is 381 g/mol. The molecule has 0 spiro atoms. The minimum Gasteiger partial charge on any atom is -0.496 e. The van der Waals surface area contributed by atoms with Gasteiger partial charge in [0.25, 0.3) is 0 Å². The first-order chi connectivity index (χ1) is 13.3. The number of hydrogen-bond donors (Lipinski definition) is 1. The maximum atomic E-state index is 6.02. The van der Waals surface area contributed by atoms with Crippen LogP contribution in [0.4, 0.5) is 0 Å². The van der Waals surface area contributed by atoms with Gasteiger partial charge >= 0.3 is 0 Å². The lowest BCUT2D eigenvalue weighted by molar-refractivity contribution is 0.306. The van der Waals surface area contributed by atoms with Crippen molar-refractivity contribution < 1.29 is 9.47 Å². The number of hydrazone groups is 1. The van der Waals surface area contributed by atoms with Gasteiger partial charge in [0.2, 0.25) is 0 Å². The van der Waals surface area contributed by atoms with E-state index < -0.39 is 0 Å². The molecule has 0 aromatic heterocycles. The zero-order valence-electron chi connectivity index (χ0n) is 15.1. The van der Waals surface area contributed by atoms with Gasteiger partial charge in [0.1, 0.15) is 18.1 Å². The highest BCUT2D eigenvalue weighted by Crippen LogP contribution is 2.19. The maximum absolute atomic E-state index is 6.02. The molecule has 0 saturated heterocycles. The third-order valence-electron chi connectivity index (χ3n) is 3.96. The fourth-order valence-corrected chi connectivity index (χ4v) is 2.81. The van der Waals surface area contributed by atoms with Crippen LogP contribution in [0.2, 0.25) is 5.02 Å². The van der Waals surface area contributed by atoms with Crippen molar-refractivity contribution in [2.24, 2.45) is 5.10 Å². The highest BCUT2D eigenvalue weighted by Gasteiger charge is 2.03. The van der Waals surface area contributed by atoms with Crippen LogP contribution in [0, 0.1) is 0 Å². The Morgan fingerprint density at radius 2 is 1.74 bits per heavy atom. The summed E-state index contributed by atoms with van der Waals surface area (Å²) in [5, 5.41) is 5.01. The van der Waals surface area contributed by atoms with Crippen LogP contribution in [0.1, 0.15) is 16.7 Å². The van der Waals surface area contributed by atoms with Crippen LogP contribution in [0.5, 0.6) is 11.5 Å². The molecule has 1 N–H and O–H groups in total. The number of rotatable bonds is 8. The van der Waals surface area contributed by atoms with Crippen LogP contribution >= 0.6 is 11.6 Å². The number of nitrogens with one attached hydrogen (secondary N) is 1. The minimum absolute atomic E-state index is 0.445. The van der Waals surface area contributed by atoms with Crippen molar-refractivity contribution in [3.63, 3.8) is 0 Å². The molecule has 5 heteroatoms. The van der Waals surface area contributed by atoms with Crippen molar-refractivity contribution in [3.8, 4) is 11.5 Å². The zero-order chi connectivity index (χ0) is 18.9. The normalized spacial score (nSPS) is 10.7. The molecule has 27 heavy (non-hydrogen) atoms. The Hall–Kier alpha value is -2.98. The number of nitrogens with zero attached hydrogens (tertiary/aromatic N) is 1. The molecule has 0 unspecified atom stereocenters. The van der Waals surface area contributed by atoms with E-state index in [1.54, 1.807) is 13.3 Å². The summed E-state index contributed by atoms with van der Waals surface area (Å²) in [7, 11) is 1.66.